The summed E-state index contributed by atoms with van der Waals surface area (Å²) in [6, 6.07) is 24.8. The Morgan fingerprint density at radius 1 is 0.654 bits per heavy atom. The van der Waals surface area contributed by atoms with E-state index in [0.29, 0.717) is 22.3 Å². The Bertz CT molecular complexity index is 1280. The molecular formula is C23H14O3. The number of fused-ring (bicyclic) bond motifs is 2. The molecule has 0 aliphatic carbocycles. The van der Waals surface area contributed by atoms with Gasteiger partial charge in [0.05, 0.1) is 11.6 Å². The van der Waals surface area contributed by atoms with E-state index in [1.54, 1.807) is 18.4 Å². The van der Waals surface area contributed by atoms with E-state index < -0.39 is 0 Å². The molecule has 0 radical (unpaired) electrons. The Morgan fingerprint density at radius 3 is 2.08 bits per heavy atom. The van der Waals surface area contributed by atoms with Crippen LogP contribution in [0.1, 0.15) is 0 Å². The molecule has 0 spiro atoms. The zero-order chi connectivity index (χ0) is 17.5. The molecule has 0 amide bonds. The molecule has 0 aliphatic rings. The predicted octanol–water partition coefficient (Wildman–Crippen LogP) is 5.87. The third kappa shape index (κ3) is 2.33. The zero-order valence-corrected chi connectivity index (χ0v) is 13.8. The summed E-state index contributed by atoms with van der Waals surface area (Å²) >= 11 is 0. The fraction of sp³-hybridized carbons (Fsp3) is 0. The van der Waals surface area contributed by atoms with Gasteiger partial charge in [-0.25, -0.2) is 0 Å². The zero-order valence-electron chi connectivity index (χ0n) is 13.8. The van der Waals surface area contributed by atoms with Gasteiger partial charge in [0.1, 0.15) is 16.9 Å². The molecule has 2 aromatic heterocycles. The lowest BCUT2D eigenvalue weighted by atomic mass is 10.0. The van der Waals surface area contributed by atoms with Crippen LogP contribution in [-0.4, -0.2) is 0 Å². The molecule has 3 aromatic carbocycles. The van der Waals surface area contributed by atoms with Gasteiger partial charge in [0.25, 0.3) is 0 Å². The maximum atomic E-state index is 12.7. The van der Waals surface area contributed by atoms with Gasteiger partial charge in [0.15, 0.2) is 5.43 Å². The van der Waals surface area contributed by atoms with E-state index in [-0.39, 0.29) is 5.43 Å². The first-order valence-electron chi connectivity index (χ1n) is 8.39. The molecule has 5 aromatic rings. The van der Waals surface area contributed by atoms with Crippen LogP contribution in [0.25, 0.3) is 44.4 Å². The van der Waals surface area contributed by atoms with Gasteiger partial charge in [-0.15, -0.1) is 0 Å². The van der Waals surface area contributed by atoms with Crippen LogP contribution in [-0.2, 0) is 0 Å². The lowest BCUT2D eigenvalue weighted by Gasteiger charge is -2.04. The largest absolute Gasteiger partial charge is 0.464 e. The summed E-state index contributed by atoms with van der Waals surface area (Å²) in [7, 11) is 0. The van der Waals surface area contributed by atoms with Crippen molar-refractivity contribution in [2.24, 2.45) is 0 Å². The Kier molecular flexibility index (Phi) is 3.25. The predicted molar refractivity (Wildman–Crippen MR) is 103 cm³/mol. The molecule has 0 aliphatic heterocycles. The smallest absolute Gasteiger partial charge is 0.193 e. The Labute approximate surface area is 149 Å². The van der Waals surface area contributed by atoms with Crippen LogP contribution < -0.4 is 5.43 Å². The molecule has 0 fully saturated rings. The summed E-state index contributed by atoms with van der Waals surface area (Å²) < 4.78 is 11.7. The maximum Gasteiger partial charge on any atom is 0.193 e. The standard InChI is InChI=1S/C23H14O3/c24-20-12-21(16-9-5-2-6-10-16)26-23-13-22-17(11-18(20)23)19(14-25-22)15-7-3-1-4-8-15/h1-14H. The van der Waals surface area contributed by atoms with Gasteiger partial charge in [-0.2, -0.15) is 0 Å². The highest BCUT2D eigenvalue weighted by molar-refractivity contribution is 6.01. The van der Waals surface area contributed by atoms with Gasteiger partial charge in [-0.1, -0.05) is 60.7 Å². The second-order valence-corrected chi connectivity index (χ2v) is 6.20. The summed E-state index contributed by atoms with van der Waals surface area (Å²) in [5.74, 6) is 0.553. The normalized spacial score (nSPS) is 11.2. The molecular weight excluding hydrogens is 324 g/mol. The topological polar surface area (TPSA) is 43.4 Å². The second kappa shape index (κ2) is 5.74. The van der Waals surface area contributed by atoms with Crippen molar-refractivity contribution in [2.75, 3.05) is 0 Å². The number of rotatable bonds is 2. The number of hydrogen-bond acceptors (Lipinski definition) is 3. The number of hydrogen-bond donors (Lipinski definition) is 0. The van der Waals surface area contributed by atoms with Crippen molar-refractivity contribution in [1.82, 2.24) is 0 Å². The minimum Gasteiger partial charge on any atom is -0.464 e. The lowest BCUT2D eigenvalue weighted by molar-refractivity contribution is 0.606. The fourth-order valence-corrected chi connectivity index (χ4v) is 3.26. The highest BCUT2D eigenvalue weighted by Gasteiger charge is 2.13. The summed E-state index contributed by atoms with van der Waals surface area (Å²) in [6.07, 6.45) is 1.72. The van der Waals surface area contributed by atoms with Crippen molar-refractivity contribution in [3.63, 3.8) is 0 Å². The van der Waals surface area contributed by atoms with Gasteiger partial charge in [-0.05, 0) is 11.6 Å². The highest BCUT2D eigenvalue weighted by atomic mass is 16.3. The van der Waals surface area contributed by atoms with Crippen molar-refractivity contribution < 1.29 is 8.83 Å². The van der Waals surface area contributed by atoms with Crippen molar-refractivity contribution in [2.45, 2.75) is 0 Å². The van der Waals surface area contributed by atoms with Gasteiger partial charge in [-0.3, -0.25) is 4.79 Å². The average molecular weight is 338 g/mol. The van der Waals surface area contributed by atoms with Crippen LogP contribution in [0.4, 0.5) is 0 Å². The summed E-state index contributed by atoms with van der Waals surface area (Å²) in [5.41, 5.74) is 4.05. The molecule has 0 atom stereocenters. The highest BCUT2D eigenvalue weighted by Crippen LogP contribution is 2.33. The first kappa shape index (κ1) is 14.7. The lowest BCUT2D eigenvalue weighted by Crippen LogP contribution is -2.00. The SMILES string of the molecule is O=c1cc(-c2ccccc2)oc2cc3occ(-c4ccccc4)c3cc12. The molecule has 3 nitrogen and oxygen atoms in total. The van der Waals surface area contributed by atoms with Crippen LogP contribution in [0.15, 0.2) is 98.8 Å². The quantitative estimate of drug-likeness (QED) is 0.404. The van der Waals surface area contributed by atoms with Gasteiger partial charge in [0.2, 0.25) is 0 Å². The van der Waals surface area contributed by atoms with Crippen molar-refractivity contribution in [3.05, 3.63) is 95.3 Å². The molecule has 0 N–H and O–H groups in total. The molecule has 0 saturated carbocycles. The van der Waals surface area contributed by atoms with Crippen LogP contribution in [0.3, 0.4) is 0 Å². The third-order valence-corrected chi connectivity index (χ3v) is 4.57. The van der Waals surface area contributed by atoms with E-state index >= 15 is 0 Å². The third-order valence-electron chi connectivity index (χ3n) is 4.57. The molecule has 0 bridgehead atoms. The fourth-order valence-electron chi connectivity index (χ4n) is 3.26. The van der Waals surface area contributed by atoms with Crippen molar-refractivity contribution in [1.29, 1.82) is 0 Å². The molecule has 26 heavy (non-hydrogen) atoms. The molecule has 124 valence electrons. The van der Waals surface area contributed by atoms with Crippen LogP contribution >= 0.6 is 0 Å². The first-order valence-corrected chi connectivity index (χ1v) is 8.39. The Balaban J connectivity index is 1.76. The minimum atomic E-state index is -0.0628. The second-order valence-electron chi connectivity index (χ2n) is 6.20. The van der Waals surface area contributed by atoms with Crippen LogP contribution in [0.5, 0.6) is 0 Å². The molecule has 0 unspecified atom stereocenters. The van der Waals surface area contributed by atoms with E-state index in [1.165, 1.54) is 0 Å². The molecule has 2 heterocycles. The number of furan rings is 1. The average Bonchev–Trinajstić information content (AvgIpc) is 3.11. The van der Waals surface area contributed by atoms with Gasteiger partial charge in [0, 0.05) is 28.6 Å². The summed E-state index contributed by atoms with van der Waals surface area (Å²) in [6.45, 7) is 0. The summed E-state index contributed by atoms with van der Waals surface area (Å²) in [4.78, 5) is 12.7. The molecule has 0 saturated heterocycles. The van der Waals surface area contributed by atoms with Crippen LogP contribution in [0, 0.1) is 0 Å². The molecule has 3 heteroatoms. The van der Waals surface area contributed by atoms with Gasteiger partial charge < -0.3 is 8.83 Å². The van der Waals surface area contributed by atoms with E-state index in [0.717, 1.165) is 22.1 Å². The Hall–Kier alpha value is -3.59. The maximum absolute atomic E-state index is 12.7. The van der Waals surface area contributed by atoms with E-state index in [9.17, 15) is 4.79 Å². The van der Waals surface area contributed by atoms with E-state index in [1.807, 2.05) is 66.7 Å². The van der Waals surface area contributed by atoms with Crippen molar-refractivity contribution in [3.8, 4) is 22.5 Å². The van der Waals surface area contributed by atoms with Crippen LogP contribution in [0.2, 0.25) is 0 Å². The van der Waals surface area contributed by atoms with E-state index in [2.05, 4.69) is 0 Å². The van der Waals surface area contributed by atoms with E-state index in [4.69, 9.17) is 8.83 Å². The number of benzene rings is 3. The summed E-state index contributed by atoms with van der Waals surface area (Å²) in [5, 5.41) is 1.46. The monoisotopic (exact) mass is 338 g/mol. The minimum absolute atomic E-state index is 0.0628. The molecule has 5 rings (SSSR count). The first-order chi connectivity index (χ1) is 12.8. The van der Waals surface area contributed by atoms with Crippen molar-refractivity contribution >= 4 is 21.9 Å². The Morgan fingerprint density at radius 2 is 1.35 bits per heavy atom. The van der Waals surface area contributed by atoms with Gasteiger partial charge >= 0.3 is 0 Å².